The van der Waals surface area contributed by atoms with Crippen molar-refractivity contribution in [3.63, 3.8) is 0 Å². The van der Waals surface area contributed by atoms with Crippen molar-refractivity contribution in [2.45, 2.75) is 32.7 Å². The van der Waals surface area contributed by atoms with E-state index in [1.807, 2.05) is 44.2 Å². The highest BCUT2D eigenvalue weighted by Gasteiger charge is 2.18. The second kappa shape index (κ2) is 9.00. The third-order valence-electron chi connectivity index (χ3n) is 3.06. The maximum atomic E-state index is 12.2. The average Bonchev–Trinajstić information content (AvgIpc) is 2.48. The number of rotatable bonds is 8. The first-order valence-electron chi connectivity index (χ1n) is 7.08. The van der Waals surface area contributed by atoms with E-state index in [9.17, 15) is 9.59 Å². The molecular formula is C16H23NO4. The number of para-hydroxylation sites is 1. The Kier molecular flexibility index (Phi) is 7.29. The topological polar surface area (TPSA) is 55.8 Å². The predicted octanol–water partition coefficient (Wildman–Crippen LogP) is 2.26. The van der Waals surface area contributed by atoms with Gasteiger partial charge in [0, 0.05) is 12.6 Å². The minimum Gasteiger partial charge on any atom is -0.493 e. The molecule has 21 heavy (non-hydrogen) atoms. The zero-order chi connectivity index (χ0) is 15.7. The van der Waals surface area contributed by atoms with Crippen molar-refractivity contribution in [1.82, 2.24) is 4.90 Å². The van der Waals surface area contributed by atoms with Gasteiger partial charge in [-0.15, -0.1) is 0 Å². The molecule has 0 saturated carbocycles. The summed E-state index contributed by atoms with van der Waals surface area (Å²) in [7, 11) is 1.34. The average molecular weight is 293 g/mol. The summed E-state index contributed by atoms with van der Waals surface area (Å²) in [5.74, 6) is 0.412. The standard InChI is InChI=1S/C16H23NO4/c1-13(2)17(11-9-16(19)20-3)15(18)10-12-21-14-7-5-4-6-8-14/h4-8,13H,9-12H2,1-3H3. The third kappa shape index (κ3) is 6.29. The van der Waals surface area contributed by atoms with Gasteiger partial charge in [-0.25, -0.2) is 0 Å². The molecule has 0 heterocycles. The molecule has 0 fully saturated rings. The molecule has 0 N–H and O–H groups in total. The molecule has 0 spiro atoms. The van der Waals surface area contributed by atoms with Gasteiger partial charge in [-0.1, -0.05) is 18.2 Å². The number of carbonyl (C=O) groups excluding carboxylic acids is 2. The molecule has 1 aromatic rings. The zero-order valence-corrected chi connectivity index (χ0v) is 12.9. The predicted molar refractivity (Wildman–Crippen MR) is 80.0 cm³/mol. The van der Waals surface area contributed by atoms with Gasteiger partial charge in [0.2, 0.25) is 5.91 Å². The van der Waals surface area contributed by atoms with Crippen LogP contribution in [0.3, 0.4) is 0 Å². The van der Waals surface area contributed by atoms with Crippen LogP contribution in [-0.2, 0) is 14.3 Å². The molecule has 0 aromatic heterocycles. The molecule has 1 aromatic carbocycles. The number of ether oxygens (including phenoxy) is 2. The quantitative estimate of drug-likeness (QED) is 0.690. The first kappa shape index (κ1) is 17.0. The number of hydrogen-bond donors (Lipinski definition) is 0. The second-order valence-corrected chi connectivity index (χ2v) is 4.92. The molecule has 5 heteroatoms. The molecule has 0 aliphatic rings. The highest BCUT2D eigenvalue weighted by Crippen LogP contribution is 2.10. The van der Waals surface area contributed by atoms with Crippen molar-refractivity contribution in [3.8, 4) is 5.75 Å². The van der Waals surface area contributed by atoms with Crippen LogP contribution in [0.1, 0.15) is 26.7 Å². The van der Waals surface area contributed by atoms with Crippen LogP contribution in [0.15, 0.2) is 30.3 Å². The van der Waals surface area contributed by atoms with Crippen LogP contribution in [0.2, 0.25) is 0 Å². The highest BCUT2D eigenvalue weighted by molar-refractivity contribution is 5.77. The van der Waals surface area contributed by atoms with Gasteiger partial charge in [-0.05, 0) is 26.0 Å². The SMILES string of the molecule is COC(=O)CCN(C(=O)CCOc1ccccc1)C(C)C. The summed E-state index contributed by atoms with van der Waals surface area (Å²) in [6.07, 6.45) is 0.494. The van der Waals surface area contributed by atoms with E-state index >= 15 is 0 Å². The zero-order valence-electron chi connectivity index (χ0n) is 12.9. The first-order chi connectivity index (χ1) is 10.0. The largest absolute Gasteiger partial charge is 0.493 e. The van der Waals surface area contributed by atoms with E-state index in [1.165, 1.54) is 7.11 Å². The van der Waals surface area contributed by atoms with Crippen LogP contribution in [0.25, 0.3) is 0 Å². The summed E-state index contributed by atoms with van der Waals surface area (Å²) in [6, 6.07) is 9.41. The van der Waals surface area contributed by atoms with E-state index in [4.69, 9.17) is 4.74 Å². The Labute approximate surface area is 125 Å². The van der Waals surface area contributed by atoms with Gasteiger partial charge in [0.05, 0.1) is 26.6 Å². The lowest BCUT2D eigenvalue weighted by Crippen LogP contribution is -2.39. The molecule has 0 aliphatic carbocycles. The fourth-order valence-corrected chi connectivity index (χ4v) is 1.90. The smallest absolute Gasteiger partial charge is 0.307 e. The van der Waals surface area contributed by atoms with Gasteiger partial charge >= 0.3 is 5.97 Å². The Morgan fingerprint density at radius 2 is 1.81 bits per heavy atom. The van der Waals surface area contributed by atoms with E-state index in [2.05, 4.69) is 4.74 Å². The Morgan fingerprint density at radius 1 is 1.14 bits per heavy atom. The Morgan fingerprint density at radius 3 is 2.38 bits per heavy atom. The van der Waals surface area contributed by atoms with Crippen molar-refractivity contribution in [2.75, 3.05) is 20.3 Å². The lowest BCUT2D eigenvalue weighted by molar-refractivity contribution is -0.142. The van der Waals surface area contributed by atoms with Gasteiger partial charge in [0.15, 0.2) is 0 Å². The van der Waals surface area contributed by atoms with Crippen molar-refractivity contribution >= 4 is 11.9 Å². The number of carbonyl (C=O) groups is 2. The number of hydrogen-bond acceptors (Lipinski definition) is 4. The van der Waals surface area contributed by atoms with E-state index in [1.54, 1.807) is 4.90 Å². The van der Waals surface area contributed by atoms with Crippen molar-refractivity contribution in [2.24, 2.45) is 0 Å². The van der Waals surface area contributed by atoms with Crippen molar-refractivity contribution < 1.29 is 19.1 Å². The summed E-state index contributed by atoms with van der Waals surface area (Å²) >= 11 is 0. The maximum Gasteiger partial charge on any atom is 0.307 e. The van der Waals surface area contributed by atoms with Gasteiger partial charge in [-0.3, -0.25) is 9.59 Å². The monoisotopic (exact) mass is 293 g/mol. The van der Waals surface area contributed by atoms with Gasteiger partial charge in [0.25, 0.3) is 0 Å². The van der Waals surface area contributed by atoms with E-state index < -0.39 is 0 Å². The van der Waals surface area contributed by atoms with Crippen LogP contribution in [-0.4, -0.2) is 43.1 Å². The third-order valence-corrected chi connectivity index (χ3v) is 3.06. The highest BCUT2D eigenvalue weighted by atomic mass is 16.5. The molecule has 0 radical (unpaired) electrons. The van der Waals surface area contributed by atoms with E-state index in [0.29, 0.717) is 13.2 Å². The fourth-order valence-electron chi connectivity index (χ4n) is 1.90. The van der Waals surface area contributed by atoms with E-state index in [-0.39, 0.29) is 30.8 Å². The molecule has 0 aliphatic heterocycles. The molecule has 0 saturated heterocycles. The minimum absolute atomic E-state index is 0.0233. The molecule has 5 nitrogen and oxygen atoms in total. The first-order valence-corrected chi connectivity index (χ1v) is 7.08. The van der Waals surface area contributed by atoms with Crippen LogP contribution < -0.4 is 4.74 Å². The fraction of sp³-hybridized carbons (Fsp3) is 0.500. The van der Waals surface area contributed by atoms with Gasteiger partial charge in [0.1, 0.15) is 5.75 Å². The van der Waals surface area contributed by atoms with E-state index in [0.717, 1.165) is 5.75 Å². The number of nitrogens with zero attached hydrogens (tertiary/aromatic N) is 1. The molecule has 0 atom stereocenters. The number of amides is 1. The molecule has 1 amide bonds. The second-order valence-electron chi connectivity index (χ2n) is 4.92. The molecule has 0 bridgehead atoms. The van der Waals surface area contributed by atoms with Crippen LogP contribution in [0.4, 0.5) is 0 Å². The lowest BCUT2D eigenvalue weighted by atomic mass is 10.2. The number of methoxy groups -OCH3 is 1. The molecule has 1 rings (SSSR count). The maximum absolute atomic E-state index is 12.2. The molecule has 0 unspecified atom stereocenters. The lowest BCUT2D eigenvalue weighted by Gasteiger charge is -2.26. The van der Waals surface area contributed by atoms with Crippen molar-refractivity contribution in [1.29, 1.82) is 0 Å². The molecular weight excluding hydrogens is 270 g/mol. The summed E-state index contributed by atoms with van der Waals surface area (Å²) in [4.78, 5) is 25.0. The van der Waals surface area contributed by atoms with Crippen LogP contribution >= 0.6 is 0 Å². The van der Waals surface area contributed by atoms with Crippen LogP contribution in [0, 0.1) is 0 Å². The van der Waals surface area contributed by atoms with Gasteiger partial charge in [-0.2, -0.15) is 0 Å². The van der Waals surface area contributed by atoms with Crippen molar-refractivity contribution in [3.05, 3.63) is 30.3 Å². The molecule has 116 valence electrons. The summed E-state index contributed by atoms with van der Waals surface area (Å²) in [6.45, 7) is 4.54. The minimum atomic E-state index is -0.311. The number of benzene rings is 1. The summed E-state index contributed by atoms with van der Waals surface area (Å²) in [5, 5.41) is 0. The Balaban J connectivity index is 2.40. The summed E-state index contributed by atoms with van der Waals surface area (Å²) in [5.41, 5.74) is 0. The number of esters is 1. The van der Waals surface area contributed by atoms with Crippen LogP contribution in [0.5, 0.6) is 5.75 Å². The van der Waals surface area contributed by atoms with Gasteiger partial charge < -0.3 is 14.4 Å². The normalized spacial score (nSPS) is 10.3. The Hall–Kier alpha value is -2.04. The summed E-state index contributed by atoms with van der Waals surface area (Å²) < 4.78 is 10.1. The Bertz CT molecular complexity index is 445.